The second kappa shape index (κ2) is 11.8. The van der Waals surface area contributed by atoms with E-state index in [0.717, 1.165) is 12.8 Å². The highest BCUT2D eigenvalue weighted by Gasteiger charge is 2.00. The van der Waals surface area contributed by atoms with Crippen LogP contribution in [-0.4, -0.2) is 33.1 Å². The first-order valence-corrected chi connectivity index (χ1v) is 6.15. The zero-order valence-corrected chi connectivity index (χ0v) is 12.0. The number of hydrogen-bond donors (Lipinski definition) is 0. The van der Waals surface area contributed by atoms with Gasteiger partial charge in [-0.2, -0.15) is 0 Å². The van der Waals surface area contributed by atoms with Gasteiger partial charge in [-0.15, -0.1) is 0 Å². The molecule has 0 N–H and O–H groups in total. The monoisotopic (exact) mass is 284 g/mol. The Morgan fingerprint density at radius 1 is 1.00 bits per heavy atom. The average molecular weight is 284 g/mol. The van der Waals surface area contributed by atoms with Gasteiger partial charge in [-0.1, -0.05) is 31.5 Å². The molecule has 6 nitrogen and oxygen atoms in total. The van der Waals surface area contributed by atoms with E-state index in [4.69, 9.17) is 4.74 Å². The Balaban J connectivity index is 0.000000370. The zero-order valence-electron chi connectivity index (χ0n) is 12.0. The lowest BCUT2D eigenvalue weighted by Crippen LogP contribution is -2.06. The van der Waals surface area contributed by atoms with Crippen LogP contribution in [0.15, 0.2) is 30.3 Å². The number of unbranched alkanes of at least 4 members (excludes halogenated alkanes) is 1. The molecule has 0 heterocycles. The third-order valence-corrected chi connectivity index (χ3v) is 2.00. The molecule has 0 aliphatic heterocycles. The van der Waals surface area contributed by atoms with Gasteiger partial charge in [0.15, 0.2) is 0 Å². The van der Waals surface area contributed by atoms with Gasteiger partial charge in [-0.05, 0) is 18.6 Å². The van der Waals surface area contributed by atoms with Crippen molar-refractivity contribution < 1.29 is 28.5 Å². The fourth-order valence-corrected chi connectivity index (χ4v) is 0.985. The summed E-state index contributed by atoms with van der Waals surface area (Å²) in [6.45, 7) is 2.49. The van der Waals surface area contributed by atoms with Crippen LogP contribution in [0.25, 0.3) is 0 Å². The highest BCUT2D eigenvalue weighted by Crippen LogP contribution is 2.08. The molecule has 0 saturated heterocycles. The third-order valence-electron chi connectivity index (χ3n) is 2.00. The van der Waals surface area contributed by atoms with Gasteiger partial charge >= 0.3 is 12.3 Å². The summed E-state index contributed by atoms with van der Waals surface area (Å²) >= 11 is 0. The van der Waals surface area contributed by atoms with Crippen LogP contribution in [0.1, 0.15) is 19.8 Å². The molecule has 0 radical (unpaired) electrons. The van der Waals surface area contributed by atoms with E-state index in [2.05, 4.69) is 14.2 Å². The molecule has 0 aliphatic rings. The van der Waals surface area contributed by atoms with Crippen LogP contribution in [0.3, 0.4) is 0 Å². The van der Waals surface area contributed by atoms with E-state index in [9.17, 15) is 9.59 Å². The number of hydrogen-bond acceptors (Lipinski definition) is 6. The van der Waals surface area contributed by atoms with Gasteiger partial charge < -0.3 is 18.9 Å². The number of carbonyl (C=O) groups is 2. The number of para-hydroxylation sites is 1. The van der Waals surface area contributed by atoms with Gasteiger partial charge in [0.2, 0.25) is 0 Å². The molecule has 0 fully saturated rings. The van der Waals surface area contributed by atoms with E-state index in [-0.39, 0.29) is 0 Å². The van der Waals surface area contributed by atoms with Gasteiger partial charge in [0.25, 0.3) is 0 Å². The predicted octanol–water partition coefficient (Wildman–Crippen LogP) is 3.40. The molecular weight excluding hydrogens is 264 g/mol. The maximum absolute atomic E-state index is 10.5. The highest BCUT2D eigenvalue weighted by molar-refractivity contribution is 5.63. The quantitative estimate of drug-likeness (QED) is 0.479. The number of carbonyl (C=O) groups excluding carboxylic acids is 2. The Kier molecular flexibility index (Phi) is 10.5. The molecule has 20 heavy (non-hydrogen) atoms. The lowest BCUT2D eigenvalue weighted by molar-refractivity contribution is 0.0717. The van der Waals surface area contributed by atoms with Crippen LogP contribution in [0.2, 0.25) is 0 Å². The van der Waals surface area contributed by atoms with Crippen molar-refractivity contribution in [2.24, 2.45) is 0 Å². The summed E-state index contributed by atoms with van der Waals surface area (Å²) in [6.07, 6.45) is 0.631. The van der Waals surface area contributed by atoms with Crippen molar-refractivity contribution in [3.63, 3.8) is 0 Å². The average Bonchev–Trinajstić information content (AvgIpc) is 2.49. The van der Waals surface area contributed by atoms with Crippen LogP contribution < -0.4 is 4.74 Å². The Bertz CT molecular complexity index is 377. The molecule has 0 atom stereocenters. The highest BCUT2D eigenvalue weighted by atomic mass is 16.7. The van der Waals surface area contributed by atoms with E-state index in [1.807, 2.05) is 13.0 Å². The molecular formula is C14H20O6. The number of methoxy groups -OCH3 is 2. The summed E-state index contributed by atoms with van der Waals surface area (Å²) in [5.41, 5.74) is 0. The van der Waals surface area contributed by atoms with Crippen molar-refractivity contribution in [3.05, 3.63) is 30.3 Å². The molecule has 0 aliphatic carbocycles. The zero-order chi connectivity index (χ0) is 15.2. The smallest absolute Gasteiger partial charge is 0.438 e. The summed E-state index contributed by atoms with van der Waals surface area (Å²) < 4.78 is 17.8. The summed E-state index contributed by atoms with van der Waals surface area (Å²) in [5, 5.41) is 0. The molecule has 1 aromatic carbocycles. The Morgan fingerprint density at radius 3 is 2.10 bits per heavy atom. The van der Waals surface area contributed by atoms with Crippen molar-refractivity contribution in [2.75, 3.05) is 20.8 Å². The second-order valence-electron chi connectivity index (χ2n) is 3.53. The summed E-state index contributed by atoms with van der Waals surface area (Å²) in [7, 11) is 2.57. The van der Waals surface area contributed by atoms with Gasteiger partial charge in [0.05, 0.1) is 20.8 Å². The number of ether oxygens (including phenoxy) is 4. The molecule has 0 saturated carbocycles. The van der Waals surface area contributed by atoms with Crippen molar-refractivity contribution in [1.29, 1.82) is 0 Å². The van der Waals surface area contributed by atoms with Crippen molar-refractivity contribution >= 4 is 12.3 Å². The Morgan fingerprint density at radius 2 is 1.60 bits per heavy atom. The molecule has 0 spiro atoms. The summed E-state index contributed by atoms with van der Waals surface area (Å²) in [6, 6.07) is 8.74. The fourth-order valence-electron chi connectivity index (χ4n) is 0.985. The fraction of sp³-hybridized carbons (Fsp3) is 0.429. The largest absolute Gasteiger partial charge is 0.513 e. The first-order chi connectivity index (χ1) is 9.63. The number of rotatable bonds is 4. The molecule has 6 heteroatoms. The Hall–Kier alpha value is -2.24. The molecule has 0 unspecified atom stereocenters. The van der Waals surface area contributed by atoms with Crippen LogP contribution in [-0.2, 0) is 14.2 Å². The molecule has 0 bridgehead atoms. The van der Waals surface area contributed by atoms with E-state index in [0.29, 0.717) is 12.4 Å². The molecule has 1 rings (SSSR count). The van der Waals surface area contributed by atoms with E-state index >= 15 is 0 Å². The minimum absolute atomic E-state index is 0.461. The lowest BCUT2D eigenvalue weighted by Gasteiger charge is -1.99. The SMILES string of the molecule is CCCCOC(=O)OC.COC(=O)Oc1ccccc1. The first-order valence-electron chi connectivity index (χ1n) is 6.15. The van der Waals surface area contributed by atoms with E-state index in [1.165, 1.54) is 14.2 Å². The topological polar surface area (TPSA) is 71.1 Å². The first kappa shape index (κ1) is 17.8. The normalized spacial score (nSPS) is 8.75. The Labute approximate surface area is 118 Å². The molecule has 0 aromatic heterocycles. The minimum Gasteiger partial charge on any atom is -0.438 e. The summed E-state index contributed by atoms with van der Waals surface area (Å²) in [4.78, 5) is 20.8. The molecule has 0 amide bonds. The minimum atomic E-state index is -0.698. The maximum atomic E-state index is 10.5. The standard InChI is InChI=1S/C8H8O3.C6H12O3/c1-10-8(9)11-7-5-3-2-4-6-7;1-3-4-5-9-6(7)8-2/h2-6H,1H3;3-5H2,1-2H3. The van der Waals surface area contributed by atoms with Gasteiger partial charge in [0, 0.05) is 0 Å². The predicted molar refractivity (Wildman–Crippen MR) is 72.7 cm³/mol. The van der Waals surface area contributed by atoms with Crippen molar-refractivity contribution in [1.82, 2.24) is 0 Å². The van der Waals surface area contributed by atoms with Crippen LogP contribution >= 0.6 is 0 Å². The van der Waals surface area contributed by atoms with Gasteiger partial charge in [0.1, 0.15) is 5.75 Å². The second-order valence-corrected chi connectivity index (χ2v) is 3.53. The van der Waals surface area contributed by atoms with Crippen LogP contribution in [0.5, 0.6) is 5.75 Å². The van der Waals surface area contributed by atoms with Crippen molar-refractivity contribution in [3.8, 4) is 5.75 Å². The lowest BCUT2D eigenvalue weighted by atomic mass is 10.3. The molecule has 1 aromatic rings. The van der Waals surface area contributed by atoms with Gasteiger partial charge in [-0.3, -0.25) is 0 Å². The van der Waals surface area contributed by atoms with E-state index in [1.54, 1.807) is 24.3 Å². The molecule has 112 valence electrons. The summed E-state index contributed by atoms with van der Waals surface area (Å²) in [5.74, 6) is 0.486. The van der Waals surface area contributed by atoms with Crippen LogP contribution in [0, 0.1) is 0 Å². The third kappa shape index (κ3) is 9.76. The van der Waals surface area contributed by atoms with Crippen LogP contribution in [0.4, 0.5) is 9.59 Å². The number of benzene rings is 1. The maximum Gasteiger partial charge on any atom is 0.513 e. The van der Waals surface area contributed by atoms with E-state index < -0.39 is 12.3 Å². The van der Waals surface area contributed by atoms with Gasteiger partial charge in [-0.25, -0.2) is 9.59 Å². The van der Waals surface area contributed by atoms with Crippen molar-refractivity contribution in [2.45, 2.75) is 19.8 Å².